The molecule has 1 aromatic heterocycles. The summed E-state index contributed by atoms with van der Waals surface area (Å²) in [6.07, 6.45) is 0. The molecule has 3 rings (SSSR count). The molecule has 0 saturated carbocycles. The monoisotopic (exact) mass is 375 g/mol. The van der Waals surface area contributed by atoms with Crippen molar-refractivity contribution in [2.45, 2.75) is 5.16 Å². The first-order chi connectivity index (χ1) is 12.2. The van der Waals surface area contributed by atoms with Gasteiger partial charge in [-0.25, -0.2) is 0 Å². The van der Waals surface area contributed by atoms with E-state index in [1.165, 1.54) is 0 Å². The Balaban J connectivity index is 1.59. The van der Waals surface area contributed by atoms with Crippen LogP contribution in [0.15, 0.2) is 53.7 Å². The molecule has 5 nitrogen and oxygen atoms in total. The van der Waals surface area contributed by atoms with Crippen molar-refractivity contribution in [3.8, 4) is 22.9 Å². The van der Waals surface area contributed by atoms with Crippen LogP contribution in [0.4, 0.5) is 0 Å². The molecule has 0 N–H and O–H groups in total. The van der Waals surface area contributed by atoms with Crippen LogP contribution in [-0.2, 0) is 7.05 Å². The number of hydrogen-bond donors (Lipinski definition) is 0. The average molecular weight is 376 g/mol. The number of nitrogens with zero attached hydrogens (tertiary/aromatic N) is 3. The van der Waals surface area contributed by atoms with Crippen LogP contribution in [0.25, 0.3) is 11.4 Å². The fourth-order valence-corrected chi connectivity index (χ4v) is 3.21. The topological polar surface area (TPSA) is 49.2 Å². The highest BCUT2D eigenvalue weighted by Gasteiger charge is 2.11. The molecule has 7 heteroatoms. The number of thioether (sulfide) groups is 1. The lowest BCUT2D eigenvalue weighted by Crippen LogP contribution is -2.02. The molecule has 0 spiro atoms. The second kappa shape index (κ2) is 8.27. The normalized spacial score (nSPS) is 10.7. The summed E-state index contributed by atoms with van der Waals surface area (Å²) in [6.45, 7) is 0.562. The highest BCUT2D eigenvalue weighted by Crippen LogP contribution is 2.25. The van der Waals surface area contributed by atoms with Gasteiger partial charge in [0, 0.05) is 23.4 Å². The third-order valence-corrected chi connectivity index (χ3v) is 4.76. The van der Waals surface area contributed by atoms with Gasteiger partial charge in [-0.2, -0.15) is 0 Å². The van der Waals surface area contributed by atoms with Gasteiger partial charge in [0.25, 0.3) is 0 Å². The quantitative estimate of drug-likeness (QED) is 0.454. The Labute approximate surface area is 155 Å². The highest BCUT2D eigenvalue weighted by atomic mass is 35.5. The number of aromatic nitrogens is 3. The van der Waals surface area contributed by atoms with E-state index in [1.807, 2.05) is 54.1 Å². The van der Waals surface area contributed by atoms with E-state index in [9.17, 15) is 0 Å². The number of ether oxygens (including phenoxy) is 2. The maximum absolute atomic E-state index is 5.94. The third-order valence-electron chi connectivity index (χ3n) is 3.54. The molecule has 1 heterocycles. The van der Waals surface area contributed by atoms with Crippen molar-refractivity contribution in [3.05, 3.63) is 53.6 Å². The second-order valence-electron chi connectivity index (χ2n) is 5.25. The summed E-state index contributed by atoms with van der Waals surface area (Å²) in [6, 6.07) is 15.2. The lowest BCUT2D eigenvalue weighted by molar-refractivity contribution is 0.344. The van der Waals surface area contributed by atoms with E-state index in [0.29, 0.717) is 11.6 Å². The van der Waals surface area contributed by atoms with Gasteiger partial charge < -0.3 is 14.0 Å². The van der Waals surface area contributed by atoms with Gasteiger partial charge in [0.05, 0.1) is 13.7 Å². The summed E-state index contributed by atoms with van der Waals surface area (Å²) >= 11 is 7.54. The summed E-state index contributed by atoms with van der Waals surface area (Å²) in [5, 5.41) is 10.1. The van der Waals surface area contributed by atoms with Crippen molar-refractivity contribution in [1.82, 2.24) is 14.8 Å². The van der Waals surface area contributed by atoms with Gasteiger partial charge in [-0.1, -0.05) is 41.6 Å². The van der Waals surface area contributed by atoms with Crippen LogP contribution in [0.1, 0.15) is 0 Å². The summed E-state index contributed by atoms with van der Waals surface area (Å²) < 4.78 is 12.9. The Kier molecular flexibility index (Phi) is 5.83. The standard InChI is InChI=1S/C18H18ClN3O2S/c1-22-17(13-5-3-7-15(11-13)23-2)20-21-18(22)25-10-9-24-16-8-4-6-14(19)12-16/h3-8,11-12H,9-10H2,1-2H3. The van der Waals surface area contributed by atoms with Gasteiger partial charge in [0.2, 0.25) is 0 Å². The maximum atomic E-state index is 5.94. The Morgan fingerprint density at radius 2 is 1.88 bits per heavy atom. The van der Waals surface area contributed by atoms with E-state index in [0.717, 1.165) is 33.8 Å². The first-order valence-corrected chi connectivity index (χ1v) is 9.08. The van der Waals surface area contributed by atoms with Crippen molar-refractivity contribution in [1.29, 1.82) is 0 Å². The number of halogens is 1. The zero-order valence-electron chi connectivity index (χ0n) is 14.0. The molecule has 130 valence electrons. The minimum absolute atomic E-state index is 0.562. The van der Waals surface area contributed by atoms with Crippen LogP contribution in [0.5, 0.6) is 11.5 Å². The number of methoxy groups -OCH3 is 1. The van der Waals surface area contributed by atoms with Gasteiger partial charge in [0.15, 0.2) is 11.0 Å². The molecule has 0 aliphatic rings. The van der Waals surface area contributed by atoms with E-state index in [4.69, 9.17) is 21.1 Å². The smallest absolute Gasteiger partial charge is 0.191 e. The lowest BCUT2D eigenvalue weighted by Gasteiger charge is -2.07. The van der Waals surface area contributed by atoms with Crippen LogP contribution in [-0.4, -0.2) is 34.2 Å². The summed E-state index contributed by atoms with van der Waals surface area (Å²) in [5.74, 6) is 3.13. The largest absolute Gasteiger partial charge is 0.497 e. The molecule has 0 bridgehead atoms. The van der Waals surface area contributed by atoms with Crippen molar-refractivity contribution in [3.63, 3.8) is 0 Å². The molecule has 0 radical (unpaired) electrons. The second-order valence-corrected chi connectivity index (χ2v) is 6.75. The van der Waals surface area contributed by atoms with Gasteiger partial charge in [-0.05, 0) is 30.3 Å². The molecular weight excluding hydrogens is 358 g/mol. The molecule has 0 saturated heterocycles. The van der Waals surface area contributed by atoms with Crippen LogP contribution < -0.4 is 9.47 Å². The van der Waals surface area contributed by atoms with Gasteiger partial charge in [-0.3, -0.25) is 0 Å². The van der Waals surface area contributed by atoms with E-state index in [1.54, 1.807) is 24.9 Å². The van der Waals surface area contributed by atoms with E-state index in [2.05, 4.69) is 10.2 Å². The van der Waals surface area contributed by atoms with Gasteiger partial charge in [0.1, 0.15) is 11.5 Å². The third kappa shape index (κ3) is 4.46. The van der Waals surface area contributed by atoms with Crippen molar-refractivity contribution in [2.24, 2.45) is 7.05 Å². The van der Waals surface area contributed by atoms with Crippen molar-refractivity contribution < 1.29 is 9.47 Å². The van der Waals surface area contributed by atoms with E-state index in [-0.39, 0.29) is 0 Å². The summed E-state index contributed by atoms with van der Waals surface area (Å²) in [4.78, 5) is 0. The molecule has 0 atom stereocenters. The molecule has 0 aliphatic heterocycles. The molecule has 0 unspecified atom stereocenters. The van der Waals surface area contributed by atoms with E-state index < -0.39 is 0 Å². The van der Waals surface area contributed by atoms with Crippen LogP contribution >= 0.6 is 23.4 Å². The fourth-order valence-electron chi connectivity index (χ4n) is 2.30. The zero-order chi connectivity index (χ0) is 17.6. The Hall–Kier alpha value is -2.18. The zero-order valence-corrected chi connectivity index (χ0v) is 15.5. The summed E-state index contributed by atoms with van der Waals surface area (Å²) in [7, 11) is 3.60. The van der Waals surface area contributed by atoms with Crippen LogP contribution in [0, 0.1) is 0 Å². The van der Waals surface area contributed by atoms with Crippen LogP contribution in [0.3, 0.4) is 0 Å². The first-order valence-electron chi connectivity index (χ1n) is 7.72. The predicted octanol–water partition coefficient (Wildman–Crippen LogP) is 4.32. The first kappa shape index (κ1) is 17.6. The Morgan fingerprint density at radius 3 is 2.68 bits per heavy atom. The molecule has 2 aromatic carbocycles. The minimum Gasteiger partial charge on any atom is -0.497 e. The number of hydrogen-bond acceptors (Lipinski definition) is 5. The number of benzene rings is 2. The lowest BCUT2D eigenvalue weighted by atomic mass is 10.2. The summed E-state index contributed by atoms with van der Waals surface area (Å²) in [5.41, 5.74) is 0.969. The van der Waals surface area contributed by atoms with Crippen molar-refractivity contribution in [2.75, 3.05) is 19.5 Å². The van der Waals surface area contributed by atoms with Crippen molar-refractivity contribution >= 4 is 23.4 Å². The van der Waals surface area contributed by atoms with Gasteiger partial charge in [-0.15, -0.1) is 10.2 Å². The molecule has 3 aromatic rings. The number of rotatable bonds is 7. The maximum Gasteiger partial charge on any atom is 0.191 e. The Bertz CT molecular complexity index is 854. The molecular formula is C18H18ClN3O2S. The molecule has 0 aliphatic carbocycles. The van der Waals surface area contributed by atoms with E-state index >= 15 is 0 Å². The molecule has 0 amide bonds. The Morgan fingerprint density at radius 1 is 1.08 bits per heavy atom. The SMILES string of the molecule is COc1cccc(-c2nnc(SCCOc3cccc(Cl)c3)n2C)c1. The predicted molar refractivity (Wildman–Crippen MR) is 101 cm³/mol. The van der Waals surface area contributed by atoms with Crippen LogP contribution in [0.2, 0.25) is 5.02 Å². The fraction of sp³-hybridized carbons (Fsp3) is 0.222. The molecule has 0 fully saturated rings. The molecule has 25 heavy (non-hydrogen) atoms. The highest BCUT2D eigenvalue weighted by molar-refractivity contribution is 7.99. The average Bonchev–Trinajstić information content (AvgIpc) is 2.99. The minimum atomic E-state index is 0.562. The van der Waals surface area contributed by atoms with Gasteiger partial charge >= 0.3 is 0 Å².